The highest BCUT2D eigenvalue weighted by Crippen LogP contribution is 2.43. The van der Waals surface area contributed by atoms with Crippen LogP contribution in [-0.2, 0) is 21.2 Å². The number of likely N-dealkylation sites (tertiary alicyclic amines) is 1. The third-order valence-electron chi connectivity index (χ3n) is 8.73. The molecule has 1 aliphatic carbocycles. The van der Waals surface area contributed by atoms with Crippen molar-refractivity contribution < 1.29 is 39.8 Å². The van der Waals surface area contributed by atoms with Gasteiger partial charge in [0.25, 0.3) is 0 Å². The molecule has 2 aromatic carbocycles. The zero-order chi connectivity index (χ0) is 32.7. The van der Waals surface area contributed by atoms with Crippen molar-refractivity contribution in [1.82, 2.24) is 4.90 Å². The molecular weight excluding hydrogens is 651 g/mol. The van der Waals surface area contributed by atoms with Crippen LogP contribution in [0.5, 0.6) is 5.75 Å². The van der Waals surface area contributed by atoms with Gasteiger partial charge in [0.05, 0.1) is 52.0 Å². The second kappa shape index (κ2) is 12.8. The Bertz CT molecular complexity index is 1750. The Morgan fingerprint density at radius 3 is 2.48 bits per heavy atom. The highest BCUT2D eigenvalue weighted by atomic mass is 32.2. The molecule has 1 spiro atoms. The molecule has 46 heavy (non-hydrogen) atoms. The zero-order valence-electron chi connectivity index (χ0n) is 24.6. The van der Waals surface area contributed by atoms with Crippen LogP contribution in [-0.4, -0.2) is 71.0 Å². The molecule has 6 rings (SSSR count). The van der Waals surface area contributed by atoms with Gasteiger partial charge in [0, 0.05) is 36.7 Å². The van der Waals surface area contributed by atoms with E-state index in [9.17, 15) is 30.4 Å². The fraction of sp³-hybridized carbons (Fsp3) is 0.484. The van der Waals surface area contributed by atoms with Crippen molar-refractivity contribution in [3.63, 3.8) is 0 Å². The maximum absolute atomic E-state index is 13.7. The minimum Gasteiger partial charge on any atom is -0.433 e. The Morgan fingerprint density at radius 1 is 1.11 bits per heavy atom. The fourth-order valence-electron chi connectivity index (χ4n) is 6.50. The maximum Gasteiger partial charge on any atom is 0.393 e. The van der Waals surface area contributed by atoms with Gasteiger partial charge in [-0.15, -0.1) is 11.3 Å². The molecule has 1 aromatic heterocycles. The van der Waals surface area contributed by atoms with Crippen molar-refractivity contribution in [2.45, 2.75) is 61.9 Å². The van der Waals surface area contributed by atoms with E-state index in [0.29, 0.717) is 21.5 Å². The summed E-state index contributed by atoms with van der Waals surface area (Å²) in [7, 11) is -4.17. The average molecular weight is 685 g/mol. The first-order valence-electron chi connectivity index (χ1n) is 14.8. The summed E-state index contributed by atoms with van der Waals surface area (Å²) in [6.45, 7) is 0.535. The Balaban J connectivity index is 1.17. The molecule has 248 valence electrons. The van der Waals surface area contributed by atoms with Crippen LogP contribution in [0, 0.1) is 17.3 Å². The predicted octanol–water partition coefficient (Wildman–Crippen LogP) is 5.77. The monoisotopic (exact) mass is 684 g/mol. The summed E-state index contributed by atoms with van der Waals surface area (Å²) in [6.07, 6.45) is -1.55. The summed E-state index contributed by atoms with van der Waals surface area (Å²) in [5.41, 5.74) is 1.25. The second-order valence-electron chi connectivity index (χ2n) is 12.2. The van der Waals surface area contributed by atoms with Gasteiger partial charge in [0.15, 0.2) is 5.75 Å². The lowest BCUT2D eigenvalue weighted by atomic mass is 9.75. The van der Waals surface area contributed by atoms with Crippen molar-refractivity contribution in [3.8, 4) is 17.6 Å². The summed E-state index contributed by atoms with van der Waals surface area (Å²) in [6, 6.07) is 9.23. The number of hydrogen-bond acceptors (Lipinski definition) is 8. The Labute approximate surface area is 267 Å². The lowest BCUT2D eigenvalue weighted by Crippen LogP contribution is -2.68. The molecule has 3 aliphatic rings. The first kappa shape index (κ1) is 32.8. The number of nitrogens with two attached hydrogens (primary N) is 1. The Kier molecular flexibility index (Phi) is 9.12. The van der Waals surface area contributed by atoms with Crippen LogP contribution in [0.3, 0.4) is 0 Å². The number of nitrogens with zero attached hydrogens (tertiary/aromatic N) is 1. The molecule has 4 N–H and O–H groups in total. The van der Waals surface area contributed by atoms with Crippen LogP contribution >= 0.6 is 11.3 Å². The minimum absolute atomic E-state index is 0.0146. The van der Waals surface area contributed by atoms with E-state index in [1.165, 1.54) is 17.4 Å². The number of hydrogen-bond donors (Lipinski definition) is 3. The number of primary sulfonamides is 1. The van der Waals surface area contributed by atoms with E-state index >= 15 is 0 Å². The summed E-state index contributed by atoms with van der Waals surface area (Å²) < 4.78 is 101. The molecule has 0 radical (unpaired) electrons. The summed E-state index contributed by atoms with van der Waals surface area (Å²) in [4.78, 5) is 2.38. The zero-order valence-corrected chi connectivity index (χ0v) is 26.3. The normalized spacial score (nSPS) is 21.4. The molecule has 3 fully saturated rings. The first-order chi connectivity index (χ1) is 21.8. The molecule has 0 atom stereocenters. The Morgan fingerprint density at radius 2 is 1.85 bits per heavy atom. The standard InChI is InChI=1S/C31H33F5N4O4S2/c32-29(33)44-26-13-21(46(37,41)42)10-11-24(26)38-12-2-5-27-23(14-31(34,35)36)22-3-1-4-25(28(22)45-27)39-19-6-8-20(9-7-19)40-15-30(16-40)17-43-18-30/h1,3-4,10-11,13,19-20,29,38-39H,6-9,12,14-18H2,(H2,37,41,42). The number of nitrogens with one attached hydrogen (secondary N) is 2. The van der Waals surface area contributed by atoms with E-state index in [4.69, 9.17) is 9.88 Å². The molecule has 0 unspecified atom stereocenters. The highest BCUT2D eigenvalue weighted by molar-refractivity contribution is 7.89. The van der Waals surface area contributed by atoms with E-state index < -0.39 is 39.9 Å². The van der Waals surface area contributed by atoms with Crippen molar-refractivity contribution in [3.05, 3.63) is 46.8 Å². The topological polar surface area (TPSA) is 106 Å². The van der Waals surface area contributed by atoms with Gasteiger partial charge in [-0.3, -0.25) is 4.90 Å². The highest BCUT2D eigenvalue weighted by Gasteiger charge is 2.50. The van der Waals surface area contributed by atoms with Gasteiger partial charge in [0.1, 0.15) is 0 Å². The van der Waals surface area contributed by atoms with Crippen LogP contribution in [0.2, 0.25) is 0 Å². The minimum atomic E-state index is -4.46. The van der Waals surface area contributed by atoms with Crippen molar-refractivity contribution in [2.24, 2.45) is 10.6 Å². The molecule has 15 heteroatoms. The van der Waals surface area contributed by atoms with Crippen LogP contribution < -0.4 is 20.5 Å². The fourth-order valence-corrected chi connectivity index (χ4v) is 8.20. The molecule has 2 saturated heterocycles. The van der Waals surface area contributed by atoms with Crippen molar-refractivity contribution >= 4 is 42.8 Å². The Hall–Kier alpha value is -3.16. The third-order valence-corrected chi connectivity index (χ3v) is 10.8. The van der Waals surface area contributed by atoms with Crippen LogP contribution in [0.15, 0.2) is 41.3 Å². The van der Waals surface area contributed by atoms with Gasteiger partial charge in [0.2, 0.25) is 10.0 Å². The van der Waals surface area contributed by atoms with Crippen molar-refractivity contribution in [2.75, 3.05) is 43.5 Å². The van der Waals surface area contributed by atoms with E-state index in [1.807, 2.05) is 6.07 Å². The average Bonchev–Trinajstić information content (AvgIpc) is 3.27. The largest absolute Gasteiger partial charge is 0.433 e. The molecule has 3 heterocycles. The molecule has 0 bridgehead atoms. The van der Waals surface area contributed by atoms with Crippen molar-refractivity contribution in [1.29, 1.82) is 0 Å². The smallest absolute Gasteiger partial charge is 0.393 e. The van der Waals surface area contributed by atoms with Crippen LogP contribution in [0.1, 0.15) is 36.1 Å². The number of thiophene rings is 1. The predicted molar refractivity (Wildman–Crippen MR) is 166 cm³/mol. The number of benzene rings is 2. The van der Waals surface area contributed by atoms with E-state index in [-0.39, 0.29) is 28.7 Å². The lowest BCUT2D eigenvalue weighted by Gasteiger charge is -2.58. The quantitative estimate of drug-likeness (QED) is 0.194. The third kappa shape index (κ3) is 7.36. The molecule has 0 amide bonds. The number of sulfonamides is 1. The first-order valence-corrected chi connectivity index (χ1v) is 17.2. The van der Waals surface area contributed by atoms with Gasteiger partial charge in [-0.1, -0.05) is 24.0 Å². The van der Waals surface area contributed by atoms with Crippen LogP contribution in [0.25, 0.3) is 10.1 Å². The van der Waals surface area contributed by atoms with E-state index in [1.54, 1.807) is 12.1 Å². The van der Waals surface area contributed by atoms with E-state index in [0.717, 1.165) is 69.8 Å². The number of fused-ring (bicyclic) bond motifs is 1. The van der Waals surface area contributed by atoms with E-state index in [2.05, 4.69) is 32.1 Å². The van der Waals surface area contributed by atoms with Gasteiger partial charge in [-0.05, 0) is 54.8 Å². The van der Waals surface area contributed by atoms with Gasteiger partial charge in [-0.25, -0.2) is 13.6 Å². The summed E-state index contributed by atoms with van der Waals surface area (Å²) >= 11 is 1.18. The molecule has 2 aliphatic heterocycles. The SMILES string of the molecule is NS(=O)(=O)c1ccc(NCC#Cc2sc3c(NC4CCC(N5CC6(COC6)C5)CC4)cccc3c2CC(F)(F)F)c(OC(F)F)c1. The molecule has 8 nitrogen and oxygen atoms in total. The number of anilines is 2. The molecule has 3 aromatic rings. The second-order valence-corrected chi connectivity index (χ2v) is 14.8. The summed E-state index contributed by atoms with van der Waals surface area (Å²) in [5, 5.41) is 11.9. The van der Waals surface area contributed by atoms with Gasteiger partial charge in [-0.2, -0.15) is 22.0 Å². The number of alkyl halides is 5. The maximum atomic E-state index is 13.7. The van der Waals surface area contributed by atoms with Gasteiger partial charge < -0.3 is 20.1 Å². The van der Waals surface area contributed by atoms with Gasteiger partial charge >= 0.3 is 12.8 Å². The number of ether oxygens (including phenoxy) is 2. The number of halogens is 5. The number of rotatable bonds is 9. The molecule has 1 saturated carbocycles. The lowest BCUT2D eigenvalue weighted by molar-refractivity contribution is -0.200. The van der Waals surface area contributed by atoms with Crippen LogP contribution in [0.4, 0.5) is 33.3 Å². The summed E-state index contributed by atoms with van der Waals surface area (Å²) in [5.74, 6) is 5.13. The molecular formula is C31H33F5N4O4S2.